The molecule has 7 heteroatoms. The number of aliphatic carboxylic acids is 1. The fourth-order valence-electron chi connectivity index (χ4n) is 1.06. The average molecular weight is 243 g/mol. The van der Waals surface area contributed by atoms with Gasteiger partial charge >= 0.3 is 5.97 Å². The zero-order chi connectivity index (χ0) is 12.1. The van der Waals surface area contributed by atoms with Crippen LogP contribution in [0.1, 0.15) is 12.8 Å². The van der Waals surface area contributed by atoms with Crippen LogP contribution in [0.3, 0.4) is 0 Å². The molecule has 1 amide bonds. The molecule has 1 aromatic rings. The Labute approximate surface area is 96.7 Å². The van der Waals surface area contributed by atoms with Gasteiger partial charge in [0.25, 0.3) is 0 Å². The lowest BCUT2D eigenvalue weighted by Gasteiger charge is -2.14. The van der Waals surface area contributed by atoms with E-state index >= 15 is 0 Å². The fourth-order valence-corrected chi connectivity index (χ4v) is 1.68. The molecule has 0 unspecified atom stereocenters. The molecule has 0 fully saturated rings. The highest BCUT2D eigenvalue weighted by Gasteiger charge is 2.17. The largest absolute Gasteiger partial charge is 0.480 e. The van der Waals surface area contributed by atoms with Crippen LogP contribution in [-0.4, -0.2) is 35.1 Å². The van der Waals surface area contributed by atoms with Crippen LogP contribution in [0.4, 0.5) is 5.13 Å². The third-order valence-corrected chi connectivity index (χ3v) is 2.91. The Morgan fingerprint density at radius 3 is 2.88 bits per heavy atom. The number of hydrogen-bond donors (Lipinski definition) is 2. The zero-order valence-corrected chi connectivity index (χ0v) is 9.61. The molecule has 0 saturated carbocycles. The molecule has 1 rings (SSSR count). The van der Waals surface area contributed by atoms with E-state index < -0.39 is 12.0 Å². The molecule has 1 atom stereocenters. The van der Waals surface area contributed by atoms with Crippen molar-refractivity contribution in [2.24, 2.45) is 5.73 Å². The van der Waals surface area contributed by atoms with E-state index in [1.807, 2.05) is 0 Å². The Morgan fingerprint density at radius 2 is 2.38 bits per heavy atom. The number of nitrogens with zero attached hydrogens (tertiary/aromatic N) is 2. The molecular formula is C9H13N3O3S. The highest BCUT2D eigenvalue weighted by atomic mass is 32.1. The average Bonchev–Trinajstić information content (AvgIpc) is 2.77. The molecule has 0 aromatic carbocycles. The van der Waals surface area contributed by atoms with Crippen molar-refractivity contribution in [2.45, 2.75) is 18.9 Å². The van der Waals surface area contributed by atoms with Gasteiger partial charge in [-0.2, -0.15) is 0 Å². The van der Waals surface area contributed by atoms with E-state index in [9.17, 15) is 9.59 Å². The summed E-state index contributed by atoms with van der Waals surface area (Å²) in [5, 5.41) is 10.9. The second-order valence-electron chi connectivity index (χ2n) is 3.25. The molecule has 1 heterocycles. The van der Waals surface area contributed by atoms with E-state index in [1.54, 1.807) is 18.6 Å². The van der Waals surface area contributed by atoms with E-state index in [2.05, 4.69) is 4.98 Å². The molecule has 1 aromatic heterocycles. The molecule has 0 radical (unpaired) electrons. The molecule has 0 aliphatic heterocycles. The lowest BCUT2D eigenvalue weighted by Crippen LogP contribution is -2.33. The van der Waals surface area contributed by atoms with Gasteiger partial charge in [-0.05, 0) is 6.42 Å². The minimum Gasteiger partial charge on any atom is -0.480 e. The summed E-state index contributed by atoms with van der Waals surface area (Å²) in [6.07, 6.45) is 1.83. The maximum atomic E-state index is 11.6. The van der Waals surface area contributed by atoms with Gasteiger partial charge < -0.3 is 10.8 Å². The lowest BCUT2D eigenvalue weighted by molar-refractivity contribution is -0.138. The molecule has 0 aliphatic rings. The van der Waals surface area contributed by atoms with Crippen LogP contribution in [-0.2, 0) is 9.59 Å². The highest BCUT2D eigenvalue weighted by molar-refractivity contribution is 7.13. The summed E-state index contributed by atoms with van der Waals surface area (Å²) >= 11 is 1.35. The summed E-state index contributed by atoms with van der Waals surface area (Å²) in [4.78, 5) is 27.4. The molecule has 0 aliphatic carbocycles. The van der Waals surface area contributed by atoms with Crippen molar-refractivity contribution in [3.05, 3.63) is 11.6 Å². The molecule has 0 bridgehead atoms. The number of rotatable bonds is 5. The van der Waals surface area contributed by atoms with Crippen LogP contribution < -0.4 is 10.6 Å². The van der Waals surface area contributed by atoms with Crippen LogP contribution in [0.15, 0.2) is 11.6 Å². The Kier molecular flexibility index (Phi) is 4.39. The molecule has 6 nitrogen and oxygen atoms in total. The van der Waals surface area contributed by atoms with Crippen molar-refractivity contribution >= 4 is 28.3 Å². The number of carboxylic acid groups (broad SMARTS) is 1. The van der Waals surface area contributed by atoms with Crippen LogP contribution in [0.2, 0.25) is 0 Å². The third kappa shape index (κ3) is 3.28. The maximum Gasteiger partial charge on any atom is 0.320 e. The first-order chi connectivity index (χ1) is 7.52. The van der Waals surface area contributed by atoms with Gasteiger partial charge in [0.2, 0.25) is 5.91 Å². The molecule has 88 valence electrons. The summed E-state index contributed by atoms with van der Waals surface area (Å²) in [7, 11) is 1.60. The monoisotopic (exact) mass is 243 g/mol. The van der Waals surface area contributed by atoms with Crippen molar-refractivity contribution in [1.29, 1.82) is 0 Å². The number of hydrogen-bond acceptors (Lipinski definition) is 5. The number of carbonyl (C=O) groups is 2. The summed E-state index contributed by atoms with van der Waals surface area (Å²) in [5.41, 5.74) is 5.30. The summed E-state index contributed by atoms with van der Waals surface area (Å²) in [6.45, 7) is 0. The number of carboxylic acids is 1. The Hall–Kier alpha value is -1.47. The molecule has 0 saturated heterocycles. The van der Waals surface area contributed by atoms with Crippen LogP contribution in [0, 0.1) is 0 Å². The number of anilines is 1. The quantitative estimate of drug-likeness (QED) is 0.775. The number of carbonyl (C=O) groups excluding carboxylic acids is 1. The summed E-state index contributed by atoms with van der Waals surface area (Å²) in [5.74, 6) is -1.28. The fraction of sp³-hybridized carbons (Fsp3) is 0.444. The highest BCUT2D eigenvalue weighted by Crippen LogP contribution is 2.16. The van der Waals surface area contributed by atoms with Crippen LogP contribution in [0.5, 0.6) is 0 Å². The smallest absolute Gasteiger partial charge is 0.320 e. The molecule has 0 spiro atoms. The first-order valence-corrected chi connectivity index (χ1v) is 5.54. The molecular weight excluding hydrogens is 230 g/mol. The Bertz CT molecular complexity index is 366. The van der Waals surface area contributed by atoms with Crippen molar-refractivity contribution in [3.8, 4) is 0 Å². The Morgan fingerprint density at radius 1 is 1.69 bits per heavy atom. The van der Waals surface area contributed by atoms with Gasteiger partial charge in [0, 0.05) is 25.0 Å². The minimum absolute atomic E-state index is 0.101. The number of nitrogens with two attached hydrogens (primary N) is 1. The van der Waals surface area contributed by atoms with Gasteiger partial charge in [0.1, 0.15) is 6.04 Å². The van der Waals surface area contributed by atoms with Gasteiger partial charge in [-0.15, -0.1) is 11.3 Å². The van der Waals surface area contributed by atoms with Gasteiger partial charge in [-0.25, -0.2) is 4.98 Å². The second kappa shape index (κ2) is 5.57. The van der Waals surface area contributed by atoms with Crippen molar-refractivity contribution in [3.63, 3.8) is 0 Å². The number of amides is 1. The van der Waals surface area contributed by atoms with Gasteiger partial charge in [-0.1, -0.05) is 0 Å². The van der Waals surface area contributed by atoms with Crippen LogP contribution in [0.25, 0.3) is 0 Å². The minimum atomic E-state index is -1.09. The number of thiazole rings is 1. The topological polar surface area (TPSA) is 96.5 Å². The second-order valence-corrected chi connectivity index (χ2v) is 4.12. The predicted octanol–water partition coefficient (Wildman–Crippen LogP) is 0.298. The first-order valence-electron chi connectivity index (χ1n) is 4.67. The maximum absolute atomic E-state index is 11.6. The lowest BCUT2D eigenvalue weighted by atomic mass is 10.1. The van der Waals surface area contributed by atoms with Crippen molar-refractivity contribution < 1.29 is 14.7 Å². The van der Waals surface area contributed by atoms with E-state index in [1.165, 1.54) is 16.2 Å². The summed E-state index contributed by atoms with van der Waals surface area (Å²) < 4.78 is 0. The Balaban J connectivity index is 2.44. The van der Waals surface area contributed by atoms with E-state index in [0.717, 1.165) is 0 Å². The van der Waals surface area contributed by atoms with Crippen molar-refractivity contribution in [2.75, 3.05) is 11.9 Å². The predicted molar refractivity (Wildman–Crippen MR) is 60.4 cm³/mol. The van der Waals surface area contributed by atoms with Gasteiger partial charge in [0.15, 0.2) is 5.13 Å². The molecule has 3 N–H and O–H groups in total. The normalized spacial score (nSPS) is 12.1. The SMILES string of the molecule is CN(C(=O)CC[C@H](N)C(=O)O)c1nccs1. The van der Waals surface area contributed by atoms with E-state index in [0.29, 0.717) is 5.13 Å². The van der Waals surface area contributed by atoms with Gasteiger partial charge in [0.05, 0.1) is 0 Å². The third-order valence-electron chi connectivity index (χ3n) is 2.07. The van der Waals surface area contributed by atoms with Crippen molar-refractivity contribution in [1.82, 2.24) is 4.98 Å². The standard InChI is InChI=1S/C9H13N3O3S/c1-12(9-11-4-5-16-9)7(13)3-2-6(10)8(14)15/h4-6H,2-3,10H2,1H3,(H,14,15)/t6-/m0/s1. The van der Waals surface area contributed by atoms with Crippen LogP contribution >= 0.6 is 11.3 Å². The number of aromatic nitrogens is 1. The first kappa shape index (κ1) is 12.6. The van der Waals surface area contributed by atoms with E-state index in [4.69, 9.17) is 10.8 Å². The van der Waals surface area contributed by atoms with E-state index in [-0.39, 0.29) is 18.7 Å². The zero-order valence-electron chi connectivity index (χ0n) is 8.79. The molecule has 16 heavy (non-hydrogen) atoms. The van der Waals surface area contributed by atoms with Gasteiger partial charge in [-0.3, -0.25) is 14.5 Å². The summed E-state index contributed by atoms with van der Waals surface area (Å²) in [6, 6.07) is -0.992.